The molecule has 0 radical (unpaired) electrons. The number of hydrogen-bond donors (Lipinski definition) is 1. The minimum atomic E-state index is -0.234. The van der Waals surface area contributed by atoms with Gasteiger partial charge in [0.05, 0.1) is 12.1 Å². The molecule has 1 aromatic heterocycles. The van der Waals surface area contributed by atoms with Crippen LogP contribution < -0.4 is 5.32 Å². The fourth-order valence-corrected chi connectivity index (χ4v) is 4.07. The second-order valence-electron chi connectivity index (χ2n) is 8.14. The Morgan fingerprint density at radius 3 is 2.38 bits per heavy atom. The maximum Gasteiger partial charge on any atom is 0.256 e. The van der Waals surface area contributed by atoms with Crippen LogP contribution in [0.25, 0.3) is 0 Å². The molecule has 154 valence electrons. The number of pyridine rings is 1. The summed E-state index contributed by atoms with van der Waals surface area (Å²) in [5.74, 6) is 0.0152. The molecule has 6 nitrogen and oxygen atoms in total. The molecule has 0 spiro atoms. The Labute approximate surface area is 176 Å². The Morgan fingerprint density at radius 1 is 1.03 bits per heavy atom. The first-order valence-corrected chi connectivity index (χ1v) is 10.6. The first-order valence-electron chi connectivity index (χ1n) is 9.82. The van der Waals surface area contributed by atoms with E-state index in [0.29, 0.717) is 38.3 Å². The smallest absolute Gasteiger partial charge is 0.256 e. The molecular formula is C22H28N4O2S. The van der Waals surface area contributed by atoms with Crippen LogP contribution in [-0.4, -0.2) is 64.9 Å². The molecular weight excluding hydrogens is 384 g/mol. The highest BCUT2D eigenvalue weighted by Gasteiger charge is 2.26. The van der Waals surface area contributed by atoms with Crippen LogP contribution in [0.15, 0.2) is 58.6 Å². The van der Waals surface area contributed by atoms with Crippen LogP contribution >= 0.6 is 11.8 Å². The van der Waals surface area contributed by atoms with Gasteiger partial charge in [-0.25, -0.2) is 4.98 Å². The zero-order chi connectivity index (χ0) is 20.9. The molecule has 3 rings (SSSR count). The third-order valence-corrected chi connectivity index (χ3v) is 5.53. The summed E-state index contributed by atoms with van der Waals surface area (Å²) in [6, 6.07) is 13.6. The molecule has 1 N–H and O–H groups in total. The number of piperazine rings is 1. The molecule has 1 aliphatic rings. The lowest BCUT2D eigenvalue weighted by atomic mass is 10.1. The van der Waals surface area contributed by atoms with E-state index in [1.54, 1.807) is 12.3 Å². The zero-order valence-electron chi connectivity index (χ0n) is 17.2. The van der Waals surface area contributed by atoms with Gasteiger partial charge in [0.25, 0.3) is 5.91 Å². The molecule has 0 saturated carbocycles. The van der Waals surface area contributed by atoms with E-state index in [4.69, 9.17) is 0 Å². The van der Waals surface area contributed by atoms with Gasteiger partial charge in [-0.3, -0.25) is 14.5 Å². The molecule has 29 heavy (non-hydrogen) atoms. The van der Waals surface area contributed by atoms with Crippen molar-refractivity contribution in [3.05, 3.63) is 54.2 Å². The first-order chi connectivity index (χ1) is 13.8. The van der Waals surface area contributed by atoms with Gasteiger partial charge in [0.1, 0.15) is 5.03 Å². The number of aromatic nitrogens is 1. The molecule has 7 heteroatoms. The summed E-state index contributed by atoms with van der Waals surface area (Å²) < 4.78 is 0. The van der Waals surface area contributed by atoms with Crippen LogP contribution in [0, 0.1) is 0 Å². The third-order valence-electron chi connectivity index (χ3n) is 4.50. The van der Waals surface area contributed by atoms with Gasteiger partial charge in [-0.15, -0.1) is 0 Å². The lowest BCUT2D eigenvalue weighted by Crippen LogP contribution is -2.52. The van der Waals surface area contributed by atoms with Gasteiger partial charge in [0, 0.05) is 42.8 Å². The first kappa shape index (κ1) is 21.3. The molecule has 0 bridgehead atoms. The van der Waals surface area contributed by atoms with Gasteiger partial charge in [0.2, 0.25) is 5.91 Å². The largest absolute Gasteiger partial charge is 0.350 e. The molecule has 2 aromatic rings. The molecule has 1 fully saturated rings. The number of hydrogen-bond acceptors (Lipinski definition) is 5. The average molecular weight is 413 g/mol. The van der Waals surface area contributed by atoms with E-state index in [1.807, 2.05) is 62.1 Å². The topological polar surface area (TPSA) is 65.5 Å². The van der Waals surface area contributed by atoms with Gasteiger partial charge in [0.15, 0.2) is 0 Å². The van der Waals surface area contributed by atoms with Crippen LogP contribution in [0.3, 0.4) is 0 Å². The number of carbonyl (C=O) groups is 2. The number of benzene rings is 1. The van der Waals surface area contributed by atoms with Crippen molar-refractivity contribution in [2.45, 2.75) is 36.2 Å². The Hall–Kier alpha value is -2.38. The summed E-state index contributed by atoms with van der Waals surface area (Å²) in [6.45, 7) is 8.86. The van der Waals surface area contributed by atoms with Gasteiger partial charge >= 0.3 is 0 Å². The summed E-state index contributed by atoms with van der Waals surface area (Å²) in [5.41, 5.74) is 0.391. The van der Waals surface area contributed by atoms with E-state index < -0.39 is 0 Å². The van der Waals surface area contributed by atoms with Crippen molar-refractivity contribution in [3.8, 4) is 0 Å². The predicted molar refractivity (Wildman–Crippen MR) is 115 cm³/mol. The highest BCUT2D eigenvalue weighted by atomic mass is 32.2. The summed E-state index contributed by atoms with van der Waals surface area (Å²) in [5, 5.41) is 3.70. The summed E-state index contributed by atoms with van der Waals surface area (Å²) in [7, 11) is 0. The van der Waals surface area contributed by atoms with Crippen LogP contribution in [0.5, 0.6) is 0 Å². The molecule has 1 saturated heterocycles. The summed E-state index contributed by atoms with van der Waals surface area (Å²) >= 11 is 1.50. The van der Waals surface area contributed by atoms with E-state index >= 15 is 0 Å². The minimum absolute atomic E-state index is 0.00433. The normalized spacial score (nSPS) is 15.2. The second kappa shape index (κ2) is 9.41. The Morgan fingerprint density at radius 2 is 1.72 bits per heavy atom. The Kier molecular flexibility index (Phi) is 6.92. The monoisotopic (exact) mass is 412 g/mol. The van der Waals surface area contributed by atoms with E-state index in [9.17, 15) is 9.59 Å². The SMILES string of the molecule is CC(C)(C)NC(=O)CN1CCN(C(=O)c2cccnc2Sc2ccccc2)CC1. The number of nitrogens with one attached hydrogen (secondary N) is 1. The molecule has 1 aliphatic heterocycles. The third kappa shape index (κ3) is 6.30. The van der Waals surface area contributed by atoms with Crippen LogP contribution in [0.4, 0.5) is 0 Å². The van der Waals surface area contributed by atoms with Gasteiger partial charge in [-0.2, -0.15) is 0 Å². The van der Waals surface area contributed by atoms with Crippen molar-refractivity contribution in [2.24, 2.45) is 0 Å². The lowest BCUT2D eigenvalue weighted by Gasteiger charge is -2.35. The van der Waals surface area contributed by atoms with Crippen LogP contribution in [0.1, 0.15) is 31.1 Å². The van der Waals surface area contributed by atoms with Crippen LogP contribution in [-0.2, 0) is 4.79 Å². The highest BCUT2D eigenvalue weighted by Crippen LogP contribution is 2.29. The van der Waals surface area contributed by atoms with Crippen molar-refractivity contribution in [1.29, 1.82) is 0 Å². The molecule has 1 aromatic carbocycles. The number of carbonyl (C=O) groups excluding carboxylic acids is 2. The highest BCUT2D eigenvalue weighted by molar-refractivity contribution is 7.99. The van der Waals surface area contributed by atoms with Gasteiger partial charge in [-0.1, -0.05) is 30.0 Å². The standard InChI is InChI=1S/C22H28N4O2S/c1-22(2,3)24-19(27)16-25-12-14-26(15-13-25)21(28)18-10-7-11-23-20(18)29-17-8-5-4-6-9-17/h4-11H,12-16H2,1-3H3,(H,24,27). The molecule has 2 amide bonds. The van der Waals surface area contributed by atoms with Crippen molar-refractivity contribution >= 4 is 23.6 Å². The summed E-state index contributed by atoms with van der Waals surface area (Å²) in [6.07, 6.45) is 1.72. The van der Waals surface area contributed by atoms with Gasteiger partial charge < -0.3 is 10.2 Å². The summed E-state index contributed by atoms with van der Waals surface area (Å²) in [4.78, 5) is 34.7. The Balaban J connectivity index is 1.59. The van der Waals surface area contributed by atoms with E-state index in [2.05, 4.69) is 15.2 Å². The van der Waals surface area contributed by atoms with Crippen molar-refractivity contribution in [2.75, 3.05) is 32.7 Å². The van der Waals surface area contributed by atoms with E-state index in [0.717, 1.165) is 9.92 Å². The fraction of sp³-hybridized carbons (Fsp3) is 0.409. The number of amides is 2. The molecule has 0 unspecified atom stereocenters. The predicted octanol–water partition coefficient (Wildman–Crippen LogP) is 2.91. The zero-order valence-corrected chi connectivity index (χ0v) is 18.0. The Bertz CT molecular complexity index is 843. The average Bonchev–Trinajstić information content (AvgIpc) is 2.68. The van der Waals surface area contributed by atoms with E-state index in [1.165, 1.54) is 11.8 Å². The van der Waals surface area contributed by atoms with Gasteiger partial charge in [-0.05, 0) is 45.0 Å². The molecule has 2 heterocycles. The van der Waals surface area contributed by atoms with Crippen molar-refractivity contribution in [1.82, 2.24) is 20.1 Å². The number of rotatable bonds is 5. The maximum atomic E-state index is 13.1. The quantitative estimate of drug-likeness (QED) is 0.818. The fourth-order valence-electron chi connectivity index (χ4n) is 3.18. The maximum absolute atomic E-state index is 13.1. The molecule has 0 atom stereocenters. The van der Waals surface area contributed by atoms with Crippen molar-refractivity contribution < 1.29 is 9.59 Å². The lowest BCUT2D eigenvalue weighted by molar-refractivity contribution is -0.124. The number of nitrogens with zero attached hydrogens (tertiary/aromatic N) is 3. The minimum Gasteiger partial charge on any atom is -0.350 e. The molecule has 0 aliphatic carbocycles. The van der Waals surface area contributed by atoms with E-state index in [-0.39, 0.29) is 17.4 Å². The second-order valence-corrected chi connectivity index (χ2v) is 9.20. The van der Waals surface area contributed by atoms with Crippen LogP contribution in [0.2, 0.25) is 0 Å². The van der Waals surface area contributed by atoms with Crippen molar-refractivity contribution in [3.63, 3.8) is 0 Å².